The van der Waals surface area contributed by atoms with Crippen molar-refractivity contribution in [2.75, 3.05) is 7.11 Å². The van der Waals surface area contributed by atoms with Gasteiger partial charge in [-0.2, -0.15) is 0 Å². The Bertz CT molecular complexity index is 521. The second-order valence-electron chi connectivity index (χ2n) is 4.05. The largest absolute Gasteiger partial charge is 0.465 e. The van der Waals surface area contributed by atoms with E-state index in [1.54, 1.807) is 0 Å². The molecule has 8 heteroatoms. The number of carbonyl (C=O) groups excluding carboxylic acids is 2. The van der Waals surface area contributed by atoms with Crippen molar-refractivity contribution in [3.8, 4) is 0 Å². The van der Waals surface area contributed by atoms with Gasteiger partial charge in [0, 0.05) is 11.3 Å². The summed E-state index contributed by atoms with van der Waals surface area (Å²) in [5.74, 6) is -1.81. The maximum Gasteiger partial charge on any atom is 0.341 e. The molecule has 1 saturated carbocycles. The zero-order valence-electron chi connectivity index (χ0n) is 10.0. The van der Waals surface area contributed by atoms with Crippen LogP contribution >= 0.6 is 0 Å². The first-order valence-corrected chi connectivity index (χ1v) is 5.49. The number of carbonyl (C=O) groups is 2. The summed E-state index contributed by atoms with van der Waals surface area (Å²) in [6.45, 7) is -0.253. The number of furan rings is 1. The molecule has 1 aromatic rings. The predicted octanol–water partition coefficient (Wildman–Crippen LogP) is 0.775. The third-order valence-corrected chi connectivity index (χ3v) is 2.83. The van der Waals surface area contributed by atoms with E-state index in [1.165, 1.54) is 19.4 Å². The number of ether oxygens (including phenoxy) is 2. The van der Waals surface area contributed by atoms with Crippen LogP contribution in [0.5, 0.6) is 0 Å². The minimum Gasteiger partial charge on any atom is -0.465 e. The van der Waals surface area contributed by atoms with Gasteiger partial charge >= 0.3 is 11.9 Å². The fraction of sp³-hybridized carbons (Fsp3) is 0.455. The quantitative estimate of drug-likeness (QED) is 0.441. The van der Waals surface area contributed by atoms with E-state index in [0.29, 0.717) is 0 Å². The van der Waals surface area contributed by atoms with Gasteiger partial charge in [0.05, 0.1) is 13.4 Å². The van der Waals surface area contributed by atoms with Crippen LogP contribution in [0.3, 0.4) is 0 Å². The Morgan fingerprint density at radius 1 is 1.58 bits per heavy atom. The lowest BCUT2D eigenvalue weighted by Gasteiger charge is -2.03. The molecule has 0 spiro atoms. The third kappa shape index (κ3) is 2.72. The maximum atomic E-state index is 11.5. The molecule has 2 rings (SSSR count). The highest BCUT2D eigenvalue weighted by Crippen LogP contribution is 2.34. The van der Waals surface area contributed by atoms with Crippen LogP contribution in [0.25, 0.3) is 0 Å². The lowest BCUT2D eigenvalue weighted by atomic mass is 10.2. The highest BCUT2D eigenvalue weighted by Gasteiger charge is 2.54. The molecule has 1 heterocycles. The van der Waals surface area contributed by atoms with Crippen molar-refractivity contribution in [2.45, 2.75) is 19.1 Å². The average molecular weight is 269 g/mol. The molecule has 0 bridgehead atoms. The standard InChI is InChI=1S/C11H11NO7/c1-17-10(13)6-2-3-18-9(6)5-19-11(14)7-4-8(7)12(15)16/h2-3,7-8H,4-5H2,1H3. The third-order valence-electron chi connectivity index (χ3n) is 2.83. The molecular formula is C11H11NO7. The normalized spacial score (nSPS) is 20.7. The van der Waals surface area contributed by atoms with Gasteiger partial charge in [0.15, 0.2) is 5.76 Å². The van der Waals surface area contributed by atoms with Crippen LogP contribution in [0.2, 0.25) is 0 Å². The molecule has 1 aromatic heterocycles. The maximum absolute atomic E-state index is 11.5. The molecule has 8 nitrogen and oxygen atoms in total. The summed E-state index contributed by atoms with van der Waals surface area (Å²) < 4.78 is 14.4. The van der Waals surface area contributed by atoms with Gasteiger partial charge in [-0.15, -0.1) is 0 Å². The Morgan fingerprint density at radius 3 is 2.89 bits per heavy atom. The van der Waals surface area contributed by atoms with E-state index in [2.05, 4.69) is 4.74 Å². The summed E-state index contributed by atoms with van der Waals surface area (Å²) in [5, 5.41) is 10.4. The molecule has 1 aliphatic rings. The number of nitro groups is 1. The van der Waals surface area contributed by atoms with Gasteiger partial charge in [0.25, 0.3) is 0 Å². The Labute approximate surface area is 107 Å². The van der Waals surface area contributed by atoms with Crippen LogP contribution in [0.15, 0.2) is 16.7 Å². The zero-order chi connectivity index (χ0) is 14.0. The fourth-order valence-corrected chi connectivity index (χ4v) is 1.66. The van der Waals surface area contributed by atoms with Gasteiger partial charge in [-0.3, -0.25) is 14.9 Å². The first kappa shape index (κ1) is 13.1. The molecule has 0 aliphatic heterocycles. The number of methoxy groups -OCH3 is 1. The number of esters is 2. The van der Waals surface area contributed by atoms with Gasteiger partial charge in [-0.05, 0) is 6.07 Å². The molecule has 0 radical (unpaired) electrons. The molecule has 102 valence electrons. The van der Waals surface area contributed by atoms with Gasteiger partial charge < -0.3 is 13.9 Å². The van der Waals surface area contributed by atoms with E-state index in [4.69, 9.17) is 9.15 Å². The molecule has 19 heavy (non-hydrogen) atoms. The van der Waals surface area contributed by atoms with E-state index in [-0.39, 0.29) is 24.4 Å². The van der Waals surface area contributed by atoms with E-state index < -0.39 is 28.8 Å². The predicted molar refractivity (Wildman–Crippen MR) is 58.7 cm³/mol. The van der Waals surface area contributed by atoms with Crippen molar-refractivity contribution in [1.29, 1.82) is 0 Å². The molecular weight excluding hydrogens is 258 g/mol. The molecule has 0 aromatic carbocycles. The van der Waals surface area contributed by atoms with E-state index in [1.807, 2.05) is 0 Å². The first-order chi connectivity index (χ1) is 9.04. The molecule has 1 fully saturated rings. The van der Waals surface area contributed by atoms with Gasteiger partial charge in [-0.25, -0.2) is 4.79 Å². The van der Waals surface area contributed by atoms with Crippen molar-refractivity contribution in [2.24, 2.45) is 5.92 Å². The van der Waals surface area contributed by atoms with Crippen molar-refractivity contribution in [3.63, 3.8) is 0 Å². The number of rotatable bonds is 5. The molecule has 2 atom stereocenters. The van der Waals surface area contributed by atoms with Crippen molar-refractivity contribution >= 4 is 11.9 Å². The molecule has 0 amide bonds. The van der Waals surface area contributed by atoms with Crippen LogP contribution in [0, 0.1) is 16.0 Å². The van der Waals surface area contributed by atoms with Gasteiger partial charge in [-0.1, -0.05) is 0 Å². The molecule has 0 N–H and O–H groups in total. The van der Waals surface area contributed by atoms with Crippen LogP contribution in [-0.2, 0) is 20.9 Å². The monoisotopic (exact) mass is 269 g/mol. The highest BCUT2D eigenvalue weighted by molar-refractivity contribution is 5.90. The number of nitrogens with zero attached hydrogens (tertiary/aromatic N) is 1. The number of hydrogen-bond donors (Lipinski definition) is 0. The Kier molecular flexibility index (Phi) is 3.50. The van der Waals surface area contributed by atoms with E-state index in [0.717, 1.165) is 0 Å². The van der Waals surface area contributed by atoms with Gasteiger partial charge in [0.2, 0.25) is 6.04 Å². The van der Waals surface area contributed by atoms with Crippen molar-refractivity contribution < 1.29 is 28.4 Å². The van der Waals surface area contributed by atoms with Gasteiger partial charge in [0.1, 0.15) is 18.1 Å². The zero-order valence-corrected chi connectivity index (χ0v) is 10.0. The van der Waals surface area contributed by atoms with Crippen LogP contribution in [-0.4, -0.2) is 30.0 Å². The summed E-state index contributed by atoms with van der Waals surface area (Å²) in [6, 6.07) is 0.538. The number of hydrogen-bond acceptors (Lipinski definition) is 7. The average Bonchev–Trinajstić information content (AvgIpc) is 3.07. The topological polar surface area (TPSA) is 109 Å². The fourth-order valence-electron chi connectivity index (χ4n) is 1.66. The first-order valence-electron chi connectivity index (χ1n) is 5.49. The summed E-state index contributed by atoms with van der Waals surface area (Å²) in [7, 11) is 1.22. The SMILES string of the molecule is COC(=O)c1ccoc1COC(=O)C1CC1[N+](=O)[O-]. The minimum absolute atomic E-state index is 0.151. The summed E-state index contributed by atoms with van der Waals surface area (Å²) in [4.78, 5) is 32.7. The van der Waals surface area contributed by atoms with Crippen LogP contribution < -0.4 is 0 Å². The Balaban J connectivity index is 1.90. The second-order valence-corrected chi connectivity index (χ2v) is 4.05. The lowest BCUT2D eigenvalue weighted by Crippen LogP contribution is -2.14. The molecule has 2 unspecified atom stereocenters. The van der Waals surface area contributed by atoms with Crippen LogP contribution in [0.1, 0.15) is 22.5 Å². The molecule has 0 saturated heterocycles. The van der Waals surface area contributed by atoms with Crippen LogP contribution in [0.4, 0.5) is 0 Å². The lowest BCUT2D eigenvalue weighted by molar-refractivity contribution is -0.497. The van der Waals surface area contributed by atoms with Crippen molar-refractivity contribution in [3.05, 3.63) is 33.8 Å². The highest BCUT2D eigenvalue weighted by atomic mass is 16.6. The van der Waals surface area contributed by atoms with E-state index in [9.17, 15) is 19.7 Å². The van der Waals surface area contributed by atoms with E-state index >= 15 is 0 Å². The summed E-state index contributed by atoms with van der Waals surface area (Å²) in [6.07, 6.45) is 1.46. The molecule has 1 aliphatic carbocycles. The summed E-state index contributed by atoms with van der Waals surface area (Å²) in [5.41, 5.74) is 0.164. The summed E-state index contributed by atoms with van der Waals surface area (Å²) >= 11 is 0. The Morgan fingerprint density at radius 2 is 2.32 bits per heavy atom. The van der Waals surface area contributed by atoms with Crippen molar-refractivity contribution in [1.82, 2.24) is 0 Å². The Hall–Kier alpha value is -2.38. The second kappa shape index (κ2) is 5.09. The smallest absolute Gasteiger partial charge is 0.341 e. The minimum atomic E-state index is -0.857.